The quantitative estimate of drug-likeness (QED) is 0.750. The number of nitrogens with one attached hydrogen (secondary N) is 1. The van der Waals surface area contributed by atoms with Crippen molar-refractivity contribution >= 4 is 21.8 Å². The first kappa shape index (κ1) is 18.0. The van der Waals surface area contributed by atoms with Crippen LogP contribution in [0.15, 0.2) is 22.7 Å². The summed E-state index contributed by atoms with van der Waals surface area (Å²) in [7, 11) is 0. The van der Waals surface area contributed by atoms with E-state index in [-0.39, 0.29) is 17.7 Å². The van der Waals surface area contributed by atoms with Gasteiger partial charge in [-0.2, -0.15) is 0 Å². The van der Waals surface area contributed by atoms with Gasteiger partial charge in [-0.05, 0) is 57.6 Å². The zero-order valence-electron chi connectivity index (χ0n) is 13.0. The number of rotatable bonds is 8. The number of phenols is 1. The summed E-state index contributed by atoms with van der Waals surface area (Å²) >= 11 is 3.26. The molecule has 0 radical (unpaired) electrons. The number of nitrogens with zero attached hydrogens (tertiary/aromatic N) is 1. The van der Waals surface area contributed by atoms with Crippen molar-refractivity contribution in [3.63, 3.8) is 0 Å². The molecule has 0 fully saturated rings. The maximum Gasteiger partial charge on any atom is 0.255 e. The molecule has 0 aliphatic heterocycles. The molecule has 0 bridgehead atoms. The molecule has 118 valence electrons. The Bertz CT molecular complexity index is 462. The molecule has 0 aliphatic carbocycles. The van der Waals surface area contributed by atoms with Crippen molar-refractivity contribution in [3.05, 3.63) is 28.2 Å². The van der Waals surface area contributed by atoms with Crippen molar-refractivity contribution in [1.29, 1.82) is 0 Å². The van der Waals surface area contributed by atoms with Crippen LogP contribution in [-0.2, 0) is 0 Å². The van der Waals surface area contributed by atoms with Gasteiger partial charge in [-0.25, -0.2) is 0 Å². The Morgan fingerprint density at radius 3 is 2.62 bits per heavy atom. The molecule has 0 saturated heterocycles. The molecule has 21 heavy (non-hydrogen) atoms. The van der Waals surface area contributed by atoms with E-state index in [0.29, 0.717) is 5.56 Å². The minimum Gasteiger partial charge on any atom is -0.507 e. The molecule has 2 N–H and O–H groups in total. The number of benzene rings is 1. The number of hydrogen-bond acceptors (Lipinski definition) is 3. The molecule has 0 heterocycles. The molecule has 0 aromatic heterocycles. The van der Waals surface area contributed by atoms with Crippen molar-refractivity contribution in [2.24, 2.45) is 0 Å². The van der Waals surface area contributed by atoms with Crippen LogP contribution in [0.25, 0.3) is 0 Å². The van der Waals surface area contributed by atoms with E-state index in [1.54, 1.807) is 12.1 Å². The Labute approximate surface area is 135 Å². The van der Waals surface area contributed by atoms with Crippen LogP contribution < -0.4 is 5.32 Å². The van der Waals surface area contributed by atoms with Gasteiger partial charge in [0.25, 0.3) is 5.91 Å². The van der Waals surface area contributed by atoms with Gasteiger partial charge in [0.1, 0.15) is 5.75 Å². The standard InChI is InChI=1S/C16H25BrN2O2/c1-4-19(5-2)10-6-7-12(3)18-16(21)14-9-8-13(17)11-15(14)20/h8-9,11-12,20H,4-7,10H2,1-3H3,(H,18,21). The second-order valence-corrected chi connectivity index (χ2v) is 6.12. The first-order valence-electron chi connectivity index (χ1n) is 7.49. The number of phenolic OH excluding ortho intramolecular Hbond substituents is 1. The first-order chi connectivity index (χ1) is 9.97. The highest BCUT2D eigenvalue weighted by Crippen LogP contribution is 2.22. The zero-order valence-corrected chi connectivity index (χ0v) is 14.6. The van der Waals surface area contributed by atoms with E-state index in [1.807, 2.05) is 6.92 Å². The monoisotopic (exact) mass is 356 g/mol. The Morgan fingerprint density at radius 1 is 1.38 bits per heavy atom. The normalized spacial score (nSPS) is 12.4. The lowest BCUT2D eigenvalue weighted by molar-refractivity contribution is 0.0934. The van der Waals surface area contributed by atoms with Crippen LogP contribution in [0, 0.1) is 0 Å². The largest absolute Gasteiger partial charge is 0.507 e. The topological polar surface area (TPSA) is 52.6 Å². The lowest BCUT2D eigenvalue weighted by Gasteiger charge is -2.20. The summed E-state index contributed by atoms with van der Waals surface area (Å²) in [5.74, 6) is -0.229. The third-order valence-corrected chi connectivity index (χ3v) is 4.08. The van der Waals surface area contributed by atoms with Crippen LogP contribution in [0.5, 0.6) is 5.75 Å². The van der Waals surface area contributed by atoms with Crippen molar-refractivity contribution in [3.8, 4) is 5.75 Å². The summed E-state index contributed by atoms with van der Waals surface area (Å²) in [5, 5.41) is 12.7. The third-order valence-electron chi connectivity index (χ3n) is 3.59. The fourth-order valence-electron chi connectivity index (χ4n) is 2.23. The minimum absolute atomic E-state index is 0.00258. The van der Waals surface area contributed by atoms with E-state index in [0.717, 1.165) is 36.9 Å². The Morgan fingerprint density at radius 2 is 2.05 bits per heavy atom. The maximum atomic E-state index is 12.1. The lowest BCUT2D eigenvalue weighted by Crippen LogP contribution is -2.33. The van der Waals surface area contributed by atoms with Crippen molar-refractivity contribution < 1.29 is 9.90 Å². The van der Waals surface area contributed by atoms with E-state index in [9.17, 15) is 9.90 Å². The highest BCUT2D eigenvalue weighted by molar-refractivity contribution is 9.10. The minimum atomic E-state index is -0.227. The van der Waals surface area contributed by atoms with Gasteiger partial charge in [0.2, 0.25) is 0 Å². The fourth-order valence-corrected chi connectivity index (χ4v) is 2.58. The zero-order chi connectivity index (χ0) is 15.8. The maximum absolute atomic E-state index is 12.1. The van der Waals surface area contributed by atoms with Gasteiger partial charge in [0.15, 0.2) is 0 Å². The van der Waals surface area contributed by atoms with Crippen LogP contribution in [0.1, 0.15) is 44.0 Å². The predicted molar refractivity (Wildman–Crippen MR) is 89.8 cm³/mol. The van der Waals surface area contributed by atoms with Crippen LogP contribution in [-0.4, -0.2) is 41.6 Å². The number of hydrogen-bond donors (Lipinski definition) is 2. The van der Waals surface area contributed by atoms with Gasteiger partial charge in [0, 0.05) is 10.5 Å². The summed E-state index contributed by atoms with van der Waals surface area (Å²) in [5.41, 5.74) is 0.314. The second-order valence-electron chi connectivity index (χ2n) is 5.21. The van der Waals surface area contributed by atoms with Crippen molar-refractivity contribution in [1.82, 2.24) is 10.2 Å². The highest BCUT2D eigenvalue weighted by Gasteiger charge is 2.14. The van der Waals surface area contributed by atoms with E-state index in [1.165, 1.54) is 6.07 Å². The van der Waals surface area contributed by atoms with Gasteiger partial charge >= 0.3 is 0 Å². The molecule has 1 aromatic carbocycles. The van der Waals surface area contributed by atoms with Gasteiger partial charge in [-0.3, -0.25) is 4.79 Å². The number of carbonyl (C=O) groups excluding carboxylic acids is 1. The van der Waals surface area contributed by atoms with Gasteiger partial charge in [0.05, 0.1) is 5.56 Å². The molecule has 1 aromatic rings. The molecule has 4 nitrogen and oxygen atoms in total. The Balaban J connectivity index is 2.43. The van der Waals surface area contributed by atoms with E-state index < -0.39 is 0 Å². The van der Waals surface area contributed by atoms with Gasteiger partial charge in [-0.15, -0.1) is 0 Å². The second kappa shape index (κ2) is 9.05. The Hall–Kier alpha value is -1.07. The van der Waals surface area contributed by atoms with E-state index >= 15 is 0 Å². The third kappa shape index (κ3) is 6.06. The van der Waals surface area contributed by atoms with Crippen LogP contribution in [0.3, 0.4) is 0 Å². The van der Waals surface area contributed by atoms with Crippen molar-refractivity contribution in [2.75, 3.05) is 19.6 Å². The van der Waals surface area contributed by atoms with Crippen LogP contribution in [0.4, 0.5) is 0 Å². The summed E-state index contributed by atoms with van der Waals surface area (Å²) < 4.78 is 0.754. The van der Waals surface area contributed by atoms with Crippen LogP contribution in [0.2, 0.25) is 0 Å². The summed E-state index contributed by atoms with van der Waals surface area (Å²) in [6.45, 7) is 9.48. The molecule has 1 amide bonds. The van der Waals surface area contributed by atoms with Crippen molar-refractivity contribution in [2.45, 2.75) is 39.7 Å². The fraction of sp³-hybridized carbons (Fsp3) is 0.562. The summed E-state index contributed by atoms with van der Waals surface area (Å²) in [4.78, 5) is 14.5. The van der Waals surface area contributed by atoms with Crippen LogP contribution >= 0.6 is 15.9 Å². The van der Waals surface area contributed by atoms with Gasteiger partial charge < -0.3 is 15.3 Å². The van der Waals surface area contributed by atoms with E-state index in [2.05, 4.69) is 40.0 Å². The summed E-state index contributed by atoms with van der Waals surface area (Å²) in [6.07, 6.45) is 1.98. The molecule has 0 aliphatic rings. The SMILES string of the molecule is CCN(CC)CCCC(C)NC(=O)c1ccc(Br)cc1O. The number of amides is 1. The molecule has 5 heteroatoms. The smallest absolute Gasteiger partial charge is 0.255 e. The Kier molecular flexibility index (Phi) is 7.75. The number of aromatic hydroxyl groups is 1. The average molecular weight is 357 g/mol. The lowest BCUT2D eigenvalue weighted by atomic mass is 10.1. The molecule has 0 spiro atoms. The highest BCUT2D eigenvalue weighted by atomic mass is 79.9. The van der Waals surface area contributed by atoms with Gasteiger partial charge in [-0.1, -0.05) is 29.8 Å². The molecular formula is C16H25BrN2O2. The average Bonchev–Trinajstić information content (AvgIpc) is 2.43. The summed E-state index contributed by atoms with van der Waals surface area (Å²) in [6, 6.07) is 4.99. The first-order valence-corrected chi connectivity index (χ1v) is 8.28. The molecule has 1 rings (SSSR count). The number of carbonyl (C=O) groups is 1. The molecule has 0 saturated carbocycles. The molecule has 1 atom stereocenters. The number of halogens is 1. The molecule has 1 unspecified atom stereocenters. The predicted octanol–water partition coefficient (Wildman–Crippen LogP) is 3.40. The van der Waals surface area contributed by atoms with E-state index in [4.69, 9.17) is 0 Å². The molecular weight excluding hydrogens is 332 g/mol.